The van der Waals surface area contributed by atoms with E-state index in [1.807, 2.05) is 6.92 Å². The van der Waals surface area contributed by atoms with E-state index in [9.17, 15) is 0 Å². The van der Waals surface area contributed by atoms with Crippen LogP contribution in [-0.4, -0.2) is 0 Å². The molecule has 28 heavy (non-hydrogen) atoms. The summed E-state index contributed by atoms with van der Waals surface area (Å²) in [7, 11) is 0. The molecule has 2 aromatic rings. The summed E-state index contributed by atoms with van der Waals surface area (Å²) in [5.74, 6) is 0. The van der Waals surface area contributed by atoms with Crippen LogP contribution in [0.1, 0.15) is 55.5 Å². The zero-order valence-corrected chi connectivity index (χ0v) is 18.0. The van der Waals surface area contributed by atoms with E-state index in [2.05, 4.69) is 101 Å². The van der Waals surface area contributed by atoms with Crippen LogP contribution in [0.5, 0.6) is 0 Å². The Hall–Kier alpha value is -2.80. The van der Waals surface area contributed by atoms with Gasteiger partial charge in [-0.25, -0.2) is 0 Å². The molecule has 2 rings (SSSR count). The number of benzene rings is 2. The third-order valence-corrected chi connectivity index (χ3v) is 5.22. The van der Waals surface area contributed by atoms with Crippen molar-refractivity contribution in [2.45, 2.75) is 47.5 Å². The third-order valence-electron chi connectivity index (χ3n) is 5.22. The fraction of sp³-hybridized carbons (Fsp3) is 0.259. The molecule has 0 saturated heterocycles. The van der Waals surface area contributed by atoms with Gasteiger partial charge in [-0.2, -0.15) is 0 Å². The average molecular weight is 372 g/mol. The van der Waals surface area contributed by atoms with Gasteiger partial charge >= 0.3 is 0 Å². The van der Waals surface area contributed by atoms with Gasteiger partial charge in [0.15, 0.2) is 0 Å². The number of aryl methyl sites for hydroxylation is 3. The summed E-state index contributed by atoms with van der Waals surface area (Å²) in [4.78, 5) is 0. The maximum Gasteiger partial charge on any atom is 0.0411 e. The summed E-state index contributed by atoms with van der Waals surface area (Å²) in [6.45, 7) is 19.3. The molecule has 0 heterocycles. The van der Waals surface area contributed by atoms with Crippen molar-refractivity contribution in [2.24, 2.45) is 0 Å². The van der Waals surface area contributed by atoms with Crippen molar-refractivity contribution < 1.29 is 0 Å². The Kier molecular flexibility index (Phi) is 7.63. The minimum absolute atomic E-state index is 0.906. The second-order valence-electron chi connectivity index (χ2n) is 7.17. The molecule has 146 valence electrons. The number of hydrogen-bond donors (Lipinski definition) is 1. The minimum atomic E-state index is 0.906. The van der Waals surface area contributed by atoms with E-state index in [1.165, 1.54) is 22.3 Å². The smallest absolute Gasteiger partial charge is 0.0411 e. The van der Waals surface area contributed by atoms with Crippen LogP contribution in [0.3, 0.4) is 0 Å². The molecule has 0 unspecified atom stereocenters. The first kappa shape index (κ1) is 21.5. The zero-order valence-electron chi connectivity index (χ0n) is 18.0. The molecule has 0 saturated carbocycles. The van der Waals surface area contributed by atoms with Crippen LogP contribution in [0.4, 0.5) is 0 Å². The van der Waals surface area contributed by atoms with E-state index in [0.717, 1.165) is 40.9 Å². The van der Waals surface area contributed by atoms with Gasteiger partial charge in [0, 0.05) is 17.0 Å². The van der Waals surface area contributed by atoms with Crippen molar-refractivity contribution in [2.75, 3.05) is 0 Å². The van der Waals surface area contributed by atoms with E-state index in [0.29, 0.717) is 0 Å². The Morgan fingerprint density at radius 1 is 1.04 bits per heavy atom. The molecule has 0 fully saturated rings. The molecule has 0 amide bonds. The predicted octanol–water partition coefficient (Wildman–Crippen LogP) is 7.24. The molecular weight excluding hydrogens is 338 g/mol. The second kappa shape index (κ2) is 9.94. The molecule has 1 nitrogen and oxygen atoms in total. The van der Waals surface area contributed by atoms with E-state index in [-0.39, 0.29) is 0 Å². The Bertz CT molecular complexity index is 925. The monoisotopic (exact) mass is 371 g/mol. The highest BCUT2D eigenvalue weighted by Gasteiger charge is 2.10. The number of allylic oxidation sites excluding steroid dienone is 2. The van der Waals surface area contributed by atoms with E-state index >= 15 is 0 Å². The lowest BCUT2D eigenvalue weighted by molar-refractivity contribution is 1.06. The van der Waals surface area contributed by atoms with Crippen molar-refractivity contribution in [3.8, 4) is 0 Å². The van der Waals surface area contributed by atoms with Crippen LogP contribution in [0, 0.1) is 6.92 Å². The second-order valence-corrected chi connectivity index (χ2v) is 7.17. The molecule has 0 bridgehead atoms. The van der Waals surface area contributed by atoms with E-state index < -0.39 is 0 Å². The van der Waals surface area contributed by atoms with Gasteiger partial charge in [-0.05, 0) is 67.0 Å². The van der Waals surface area contributed by atoms with E-state index in [4.69, 9.17) is 0 Å². The van der Waals surface area contributed by atoms with Gasteiger partial charge < -0.3 is 5.32 Å². The summed E-state index contributed by atoms with van der Waals surface area (Å²) in [5.41, 5.74) is 10.4. The fourth-order valence-corrected chi connectivity index (χ4v) is 3.27. The van der Waals surface area contributed by atoms with Crippen molar-refractivity contribution >= 4 is 11.8 Å². The Labute approximate surface area is 171 Å². The molecule has 1 N–H and O–H groups in total. The Morgan fingerprint density at radius 3 is 2.39 bits per heavy atom. The van der Waals surface area contributed by atoms with Gasteiger partial charge in [0.2, 0.25) is 0 Å². The normalized spacial score (nSPS) is 12.0. The molecule has 0 aromatic heterocycles. The molecular formula is C27H33N. The molecule has 0 aliphatic carbocycles. The van der Waals surface area contributed by atoms with Gasteiger partial charge in [0.25, 0.3) is 0 Å². The lowest BCUT2D eigenvalue weighted by Gasteiger charge is -2.18. The van der Waals surface area contributed by atoms with Crippen LogP contribution in [0.25, 0.3) is 11.8 Å². The summed E-state index contributed by atoms with van der Waals surface area (Å²) < 4.78 is 0. The first-order valence-electron chi connectivity index (χ1n) is 10.1. The van der Waals surface area contributed by atoms with Crippen LogP contribution in [0.15, 0.2) is 78.5 Å². The predicted molar refractivity (Wildman–Crippen MR) is 125 cm³/mol. The number of nitrogens with one attached hydrogen (secondary N) is 1. The van der Waals surface area contributed by atoms with Gasteiger partial charge in [-0.15, -0.1) is 0 Å². The van der Waals surface area contributed by atoms with Gasteiger partial charge in [0.05, 0.1) is 0 Å². The fourth-order valence-electron chi connectivity index (χ4n) is 3.27. The minimum Gasteiger partial charge on any atom is -0.355 e. The molecule has 0 aliphatic rings. The van der Waals surface area contributed by atoms with Gasteiger partial charge in [-0.1, -0.05) is 81.6 Å². The zero-order chi connectivity index (χ0) is 20.7. The van der Waals surface area contributed by atoms with Gasteiger partial charge in [-0.3, -0.25) is 0 Å². The Balaban J connectivity index is 2.24. The van der Waals surface area contributed by atoms with E-state index in [1.54, 1.807) is 0 Å². The molecule has 0 spiro atoms. The molecule has 1 heteroatoms. The standard InChI is InChI=1S/C27H33N/c1-8-23-16-15-19(4)25(18-23)17-20(5)21(6)27(10-3)28-22(7)26-14-12-11-13-24(26)9-2/h10-18,28H,6-9H2,1-5H3/b20-17+,27-10+. The summed E-state index contributed by atoms with van der Waals surface area (Å²) in [6.07, 6.45) is 6.31. The highest BCUT2D eigenvalue weighted by Crippen LogP contribution is 2.24. The quantitative estimate of drug-likeness (QED) is 0.482. The maximum atomic E-state index is 4.34. The van der Waals surface area contributed by atoms with Crippen LogP contribution in [0.2, 0.25) is 0 Å². The molecule has 0 radical (unpaired) electrons. The highest BCUT2D eigenvalue weighted by molar-refractivity contribution is 5.69. The van der Waals surface area contributed by atoms with Gasteiger partial charge in [0.1, 0.15) is 0 Å². The maximum absolute atomic E-state index is 4.34. The van der Waals surface area contributed by atoms with Crippen molar-refractivity contribution in [3.05, 3.63) is 106 Å². The summed E-state index contributed by atoms with van der Waals surface area (Å²) in [5, 5.41) is 3.49. The summed E-state index contributed by atoms with van der Waals surface area (Å²) in [6, 6.07) is 15.1. The highest BCUT2D eigenvalue weighted by atomic mass is 14.9. The SMILES string of the molecule is C=C(/C(C)=C/c1cc(CC)ccc1C)/C(=C\C)NC(=C)c1ccccc1CC. The topological polar surface area (TPSA) is 12.0 Å². The average Bonchev–Trinajstić information content (AvgIpc) is 2.72. The Morgan fingerprint density at radius 2 is 1.75 bits per heavy atom. The largest absolute Gasteiger partial charge is 0.355 e. The van der Waals surface area contributed by atoms with Crippen molar-refractivity contribution in [3.63, 3.8) is 0 Å². The van der Waals surface area contributed by atoms with Crippen LogP contribution < -0.4 is 5.32 Å². The molecule has 2 aromatic carbocycles. The van der Waals surface area contributed by atoms with Crippen molar-refractivity contribution in [1.29, 1.82) is 0 Å². The van der Waals surface area contributed by atoms with Crippen molar-refractivity contribution in [1.82, 2.24) is 5.32 Å². The first-order chi connectivity index (χ1) is 13.4. The molecule has 0 atom stereocenters. The number of hydrogen-bond acceptors (Lipinski definition) is 1. The first-order valence-corrected chi connectivity index (χ1v) is 10.1. The molecule has 0 aliphatic heterocycles. The number of rotatable bonds is 8. The third kappa shape index (κ3) is 5.13. The lowest BCUT2D eigenvalue weighted by atomic mass is 9.97. The lowest BCUT2D eigenvalue weighted by Crippen LogP contribution is -2.14. The van der Waals surface area contributed by atoms with Crippen LogP contribution >= 0.6 is 0 Å². The summed E-state index contributed by atoms with van der Waals surface area (Å²) >= 11 is 0. The van der Waals surface area contributed by atoms with Crippen LogP contribution in [-0.2, 0) is 12.8 Å².